The molecule has 0 bridgehead atoms. The van der Waals surface area contributed by atoms with Crippen molar-refractivity contribution in [1.29, 1.82) is 0 Å². The number of aliphatic hydroxyl groups is 1. The Morgan fingerprint density at radius 3 is 2.47 bits per heavy atom. The van der Waals surface area contributed by atoms with Gasteiger partial charge in [0.05, 0.1) is 6.10 Å². The van der Waals surface area contributed by atoms with Crippen LogP contribution >= 0.6 is 11.8 Å². The van der Waals surface area contributed by atoms with Gasteiger partial charge in [-0.1, -0.05) is 67.3 Å². The first-order valence-electron chi connectivity index (χ1n) is 6.32. The second kappa shape index (κ2) is 7.17. The molecule has 0 aliphatic heterocycles. The highest BCUT2D eigenvalue weighted by Gasteiger charge is 2.07. The number of thioether (sulfide) groups is 1. The molecule has 0 amide bonds. The van der Waals surface area contributed by atoms with Gasteiger partial charge < -0.3 is 5.11 Å². The number of hydrogen-bond acceptors (Lipinski definition) is 2. The molecule has 98 valence electrons. The highest BCUT2D eigenvalue weighted by Crippen LogP contribution is 2.22. The summed E-state index contributed by atoms with van der Waals surface area (Å²) in [6, 6.07) is 18.0. The molecule has 0 saturated heterocycles. The van der Waals surface area contributed by atoms with Crippen molar-refractivity contribution in [3.8, 4) is 0 Å². The van der Waals surface area contributed by atoms with Crippen molar-refractivity contribution in [3.63, 3.8) is 0 Å². The standard InChI is InChI=1S/C17H18OS/c1-2-14-8-6-7-11-16(14)12-19-13-17(18)15-9-4-3-5-10-15/h2-11,17-18H,1,12-13H2. The highest BCUT2D eigenvalue weighted by atomic mass is 32.2. The Balaban J connectivity index is 1.88. The second-order valence-corrected chi connectivity index (χ2v) is 5.37. The molecule has 0 saturated carbocycles. The van der Waals surface area contributed by atoms with Crippen molar-refractivity contribution in [2.24, 2.45) is 0 Å². The molecule has 2 rings (SSSR count). The zero-order valence-corrected chi connectivity index (χ0v) is 11.6. The van der Waals surface area contributed by atoms with Crippen LogP contribution in [0.2, 0.25) is 0 Å². The first-order valence-corrected chi connectivity index (χ1v) is 7.48. The fourth-order valence-electron chi connectivity index (χ4n) is 1.92. The molecule has 1 unspecified atom stereocenters. The lowest BCUT2D eigenvalue weighted by Gasteiger charge is -2.11. The number of rotatable bonds is 6. The van der Waals surface area contributed by atoms with Crippen molar-refractivity contribution in [2.45, 2.75) is 11.9 Å². The Kier molecular flexibility index (Phi) is 5.25. The maximum absolute atomic E-state index is 10.1. The fraction of sp³-hybridized carbons (Fsp3) is 0.176. The van der Waals surface area contributed by atoms with E-state index in [0.717, 1.165) is 11.3 Å². The molecular formula is C17H18OS. The van der Waals surface area contributed by atoms with Crippen LogP contribution in [0.4, 0.5) is 0 Å². The van der Waals surface area contributed by atoms with Crippen LogP contribution in [0.15, 0.2) is 61.2 Å². The van der Waals surface area contributed by atoms with E-state index in [1.807, 2.05) is 48.5 Å². The van der Waals surface area contributed by atoms with E-state index in [0.29, 0.717) is 5.75 Å². The summed E-state index contributed by atoms with van der Waals surface area (Å²) in [4.78, 5) is 0. The Hall–Kier alpha value is -1.51. The maximum atomic E-state index is 10.1. The van der Waals surface area contributed by atoms with Crippen LogP contribution in [-0.4, -0.2) is 10.9 Å². The summed E-state index contributed by atoms with van der Waals surface area (Å²) in [5.41, 5.74) is 3.42. The Labute approximate surface area is 119 Å². The summed E-state index contributed by atoms with van der Waals surface area (Å²) < 4.78 is 0. The molecular weight excluding hydrogens is 252 g/mol. The maximum Gasteiger partial charge on any atom is 0.0880 e. The van der Waals surface area contributed by atoms with Gasteiger partial charge in [-0.25, -0.2) is 0 Å². The number of aliphatic hydroxyl groups excluding tert-OH is 1. The van der Waals surface area contributed by atoms with E-state index in [9.17, 15) is 5.11 Å². The minimum absolute atomic E-state index is 0.401. The van der Waals surface area contributed by atoms with Crippen molar-refractivity contribution in [1.82, 2.24) is 0 Å². The minimum atomic E-state index is -0.401. The molecule has 2 aromatic carbocycles. The van der Waals surface area contributed by atoms with E-state index in [1.54, 1.807) is 11.8 Å². The average Bonchev–Trinajstić information content (AvgIpc) is 2.48. The van der Waals surface area contributed by atoms with E-state index in [-0.39, 0.29) is 0 Å². The van der Waals surface area contributed by atoms with Crippen molar-refractivity contribution in [2.75, 3.05) is 5.75 Å². The molecule has 2 heteroatoms. The topological polar surface area (TPSA) is 20.2 Å². The second-order valence-electron chi connectivity index (χ2n) is 4.34. The molecule has 19 heavy (non-hydrogen) atoms. The average molecular weight is 270 g/mol. The molecule has 0 fully saturated rings. The van der Waals surface area contributed by atoms with Gasteiger partial charge in [-0.05, 0) is 16.7 Å². The summed E-state index contributed by atoms with van der Waals surface area (Å²) in [5.74, 6) is 1.60. The van der Waals surface area contributed by atoms with Gasteiger partial charge in [0.2, 0.25) is 0 Å². The predicted octanol–water partition coefficient (Wildman–Crippen LogP) is 4.30. The first-order chi connectivity index (χ1) is 9.31. The summed E-state index contributed by atoms with van der Waals surface area (Å²) in [5, 5.41) is 10.1. The lowest BCUT2D eigenvalue weighted by molar-refractivity contribution is 0.204. The van der Waals surface area contributed by atoms with E-state index >= 15 is 0 Å². The van der Waals surface area contributed by atoms with Crippen molar-refractivity contribution >= 4 is 17.8 Å². The Morgan fingerprint density at radius 2 is 1.74 bits per heavy atom. The molecule has 2 aromatic rings. The normalized spacial score (nSPS) is 12.1. The van der Waals surface area contributed by atoms with E-state index in [2.05, 4.69) is 18.7 Å². The smallest absolute Gasteiger partial charge is 0.0880 e. The van der Waals surface area contributed by atoms with Gasteiger partial charge in [-0.2, -0.15) is 11.8 Å². The fourth-order valence-corrected chi connectivity index (χ4v) is 2.93. The van der Waals surface area contributed by atoms with Crippen LogP contribution in [0.25, 0.3) is 6.08 Å². The zero-order chi connectivity index (χ0) is 13.5. The summed E-state index contributed by atoms with van der Waals surface area (Å²) in [6.07, 6.45) is 1.48. The SMILES string of the molecule is C=Cc1ccccc1CSCC(O)c1ccccc1. The lowest BCUT2D eigenvalue weighted by Crippen LogP contribution is -2.00. The van der Waals surface area contributed by atoms with Crippen LogP contribution in [0.3, 0.4) is 0 Å². The van der Waals surface area contributed by atoms with Gasteiger partial charge in [0.25, 0.3) is 0 Å². The van der Waals surface area contributed by atoms with Crippen LogP contribution in [-0.2, 0) is 5.75 Å². The molecule has 0 heterocycles. The monoisotopic (exact) mass is 270 g/mol. The van der Waals surface area contributed by atoms with Crippen LogP contribution in [0.1, 0.15) is 22.8 Å². The van der Waals surface area contributed by atoms with Gasteiger partial charge in [0.15, 0.2) is 0 Å². The molecule has 1 nitrogen and oxygen atoms in total. The van der Waals surface area contributed by atoms with Crippen molar-refractivity contribution in [3.05, 3.63) is 77.9 Å². The number of hydrogen-bond donors (Lipinski definition) is 1. The van der Waals surface area contributed by atoms with Gasteiger partial charge in [0, 0.05) is 11.5 Å². The summed E-state index contributed by atoms with van der Waals surface area (Å²) >= 11 is 1.74. The first kappa shape index (κ1) is 13.9. The largest absolute Gasteiger partial charge is 0.388 e. The number of benzene rings is 2. The van der Waals surface area contributed by atoms with Gasteiger partial charge in [-0.3, -0.25) is 0 Å². The molecule has 0 aromatic heterocycles. The highest BCUT2D eigenvalue weighted by molar-refractivity contribution is 7.98. The molecule has 0 aliphatic carbocycles. The van der Waals surface area contributed by atoms with E-state index in [1.165, 1.54) is 11.1 Å². The Bertz CT molecular complexity index is 522. The molecule has 0 spiro atoms. The molecule has 0 radical (unpaired) electrons. The van der Waals surface area contributed by atoms with Crippen LogP contribution < -0.4 is 0 Å². The quantitative estimate of drug-likeness (QED) is 0.844. The lowest BCUT2D eigenvalue weighted by atomic mass is 10.1. The molecule has 1 N–H and O–H groups in total. The summed E-state index contributed by atoms with van der Waals surface area (Å²) in [7, 11) is 0. The molecule has 0 aliphatic rings. The van der Waals surface area contributed by atoms with Gasteiger partial charge in [0.1, 0.15) is 0 Å². The Morgan fingerprint density at radius 1 is 1.05 bits per heavy atom. The molecule has 1 atom stereocenters. The summed E-state index contributed by atoms with van der Waals surface area (Å²) in [6.45, 7) is 3.82. The van der Waals surface area contributed by atoms with E-state index in [4.69, 9.17) is 0 Å². The van der Waals surface area contributed by atoms with Gasteiger partial charge >= 0.3 is 0 Å². The third-order valence-corrected chi connectivity index (χ3v) is 4.06. The van der Waals surface area contributed by atoms with Gasteiger partial charge in [-0.15, -0.1) is 0 Å². The minimum Gasteiger partial charge on any atom is -0.388 e. The predicted molar refractivity (Wildman–Crippen MR) is 84.1 cm³/mol. The third kappa shape index (κ3) is 3.98. The third-order valence-electron chi connectivity index (χ3n) is 2.99. The zero-order valence-electron chi connectivity index (χ0n) is 10.8. The van der Waals surface area contributed by atoms with E-state index < -0.39 is 6.10 Å². The van der Waals surface area contributed by atoms with Crippen LogP contribution in [0, 0.1) is 0 Å². The van der Waals surface area contributed by atoms with Crippen LogP contribution in [0.5, 0.6) is 0 Å². The van der Waals surface area contributed by atoms with Crippen molar-refractivity contribution < 1.29 is 5.11 Å².